The van der Waals surface area contributed by atoms with E-state index in [1.54, 1.807) is 36.7 Å². The standard InChI is InChI=1S/C27H15Cl2N5O3S/c1-14-33-21-12-32-25(29)19(11-30)22(21)26(35)34(14)9-3-4-15-5-6-16(28)10-18(15)17-7-8-31-23-20(27(36)37-2)13-38-24(17)23/h5-8,10,12-13H,9H2,1-2H3. The Balaban J connectivity index is 1.60. The monoisotopic (exact) mass is 559 g/mol. The van der Waals surface area contributed by atoms with Gasteiger partial charge in [-0.1, -0.05) is 35.0 Å². The first-order valence-electron chi connectivity index (χ1n) is 11.0. The molecule has 0 aliphatic heterocycles. The molecular formula is C27H15Cl2N5O3S. The third kappa shape index (κ3) is 4.37. The van der Waals surface area contributed by atoms with E-state index in [0.717, 1.165) is 15.8 Å². The van der Waals surface area contributed by atoms with E-state index in [-0.39, 0.29) is 22.6 Å². The fraction of sp³-hybridized carbons (Fsp3) is 0.111. The van der Waals surface area contributed by atoms with Crippen LogP contribution in [0, 0.1) is 30.1 Å². The zero-order valence-corrected chi connectivity index (χ0v) is 22.2. The molecule has 0 amide bonds. The number of aromatic nitrogens is 4. The van der Waals surface area contributed by atoms with Gasteiger partial charge in [0.1, 0.15) is 22.6 Å². The molecule has 0 aliphatic rings. The van der Waals surface area contributed by atoms with E-state index in [0.29, 0.717) is 33.0 Å². The summed E-state index contributed by atoms with van der Waals surface area (Å²) in [6, 6.07) is 9.08. The summed E-state index contributed by atoms with van der Waals surface area (Å²) in [7, 11) is 1.32. The molecule has 0 saturated heterocycles. The van der Waals surface area contributed by atoms with E-state index < -0.39 is 11.5 Å². The second-order valence-corrected chi connectivity index (χ2v) is 9.69. The van der Waals surface area contributed by atoms with Crippen LogP contribution in [0.5, 0.6) is 0 Å². The van der Waals surface area contributed by atoms with Crippen LogP contribution in [0.25, 0.3) is 32.2 Å². The average molecular weight is 560 g/mol. The molecule has 0 spiro atoms. The molecule has 4 heterocycles. The Morgan fingerprint density at radius 1 is 1.21 bits per heavy atom. The Kier molecular flexibility index (Phi) is 6.83. The largest absolute Gasteiger partial charge is 0.465 e. The Labute approximate surface area is 230 Å². The predicted octanol–water partition coefficient (Wildman–Crippen LogP) is 5.39. The number of aryl methyl sites for hydroxylation is 1. The van der Waals surface area contributed by atoms with Crippen molar-refractivity contribution < 1.29 is 9.53 Å². The van der Waals surface area contributed by atoms with Crippen molar-refractivity contribution in [2.75, 3.05) is 7.11 Å². The lowest BCUT2D eigenvalue weighted by Crippen LogP contribution is -2.24. The summed E-state index contributed by atoms with van der Waals surface area (Å²) in [5.41, 5.74) is 2.99. The van der Waals surface area contributed by atoms with Gasteiger partial charge in [0.15, 0.2) is 0 Å². The van der Waals surface area contributed by atoms with Crippen molar-refractivity contribution >= 4 is 61.6 Å². The number of nitriles is 1. The lowest BCUT2D eigenvalue weighted by Gasteiger charge is -2.09. The molecule has 0 bridgehead atoms. The highest BCUT2D eigenvalue weighted by atomic mass is 35.5. The summed E-state index contributed by atoms with van der Waals surface area (Å²) in [5, 5.41) is 11.8. The molecular weight excluding hydrogens is 545 g/mol. The van der Waals surface area contributed by atoms with Crippen LogP contribution in [0.2, 0.25) is 10.2 Å². The number of pyridine rings is 2. The summed E-state index contributed by atoms with van der Waals surface area (Å²) >= 11 is 13.7. The second-order valence-electron chi connectivity index (χ2n) is 8.02. The minimum atomic E-state index is -0.464. The number of nitrogens with zero attached hydrogens (tertiary/aromatic N) is 5. The van der Waals surface area contributed by atoms with Crippen molar-refractivity contribution in [1.82, 2.24) is 19.5 Å². The number of hydrogen-bond donors (Lipinski definition) is 0. The molecule has 0 aliphatic carbocycles. The van der Waals surface area contributed by atoms with Gasteiger partial charge in [-0.3, -0.25) is 14.3 Å². The number of methoxy groups -OCH3 is 1. The molecule has 5 aromatic rings. The molecule has 186 valence electrons. The lowest BCUT2D eigenvalue weighted by atomic mass is 10.00. The van der Waals surface area contributed by atoms with E-state index in [1.165, 1.54) is 29.2 Å². The number of carbonyl (C=O) groups excluding carboxylic acids is 1. The van der Waals surface area contributed by atoms with Crippen molar-refractivity contribution in [3.8, 4) is 29.0 Å². The molecule has 11 heteroatoms. The molecule has 0 unspecified atom stereocenters. The van der Waals surface area contributed by atoms with Crippen LogP contribution >= 0.6 is 34.5 Å². The van der Waals surface area contributed by atoms with Crippen LogP contribution < -0.4 is 5.56 Å². The van der Waals surface area contributed by atoms with Crippen LogP contribution in [0.15, 0.2) is 46.8 Å². The highest BCUT2D eigenvalue weighted by molar-refractivity contribution is 7.18. The Hall–Kier alpha value is -4.28. The molecule has 0 saturated carbocycles. The van der Waals surface area contributed by atoms with Gasteiger partial charge >= 0.3 is 5.97 Å². The highest BCUT2D eigenvalue weighted by Gasteiger charge is 2.18. The van der Waals surface area contributed by atoms with E-state index >= 15 is 0 Å². The summed E-state index contributed by atoms with van der Waals surface area (Å²) < 4.78 is 7.05. The zero-order valence-electron chi connectivity index (χ0n) is 19.9. The number of fused-ring (bicyclic) bond motifs is 2. The number of esters is 1. The van der Waals surface area contributed by atoms with Gasteiger partial charge in [-0.05, 0) is 31.2 Å². The molecule has 5 rings (SSSR count). The van der Waals surface area contributed by atoms with Crippen molar-refractivity contribution in [1.29, 1.82) is 5.26 Å². The van der Waals surface area contributed by atoms with Crippen molar-refractivity contribution in [3.63, 3.8) is 0 Å². The number of ether oxygens (including phenoxy) is 1. The number of halogens is 2. The topological polar surface area (TPSA) is 111 Å². The maximum absolute atomic E-state index is 13.2. The van der Waals surface area contributed by atoms with Crippen LogP contribution in [-0.4, -0.2) is 32.6 Å². The van der Waals surface area contributed by atoms with E-state index in [4.69, 9.17) is 27.9 Å². The fourth-order valence-electron chi connectivity index (χ4n) is 4.05. The quantitative estimate of drug-likeness (QED) is 0.165. The first-order chi connectivity index (χ1) is 18.3. The molecule has 38 heavy (non-hydrogen) atoms. The van der Waals surface area contributed by atoms with Gasteiger partial charge in [0.25, 0.3) is 5.56 Å². The summed E-state index contributed by atoms with van der Waals surface area (Å²) in [6.07, 6.45) is 2.99. The summed E-state index contributed by atoms with van der Waals surface area (Å²) in [6.45, 7) is 1.71. The van der Waals surface area contributed by atoms with E-state index in [1.807, 2.05) is 12.1 Å². The Morgan fingerprint density at radius 3 is 2.79 bits per heavy atom. The number of carbonyl (C=O) groups is 1. The molecule has 8 nitrogen and oxygen atoms in total. The molecule has 1 aromatic carbocycles. The maximum atomic E-state index is 13.2. The van der Waals surface area contributed by atoms with Crippen molar-refractivity contribution in [3.05, 3.63) is 85.1 Å². The van der Waals surface area contributed by atoms with Crippen LogP contribution in [0.4, 0.5) is 0 Å². The van der Waals surface area contributed by atoms with Gasteiger partial charge in [0.05, 0.1) is 46.5 Å². The lowest BCUT2D eigenvalue weighted by molar-refractivity contribution is 0.0603. The fourth-order valence-corrected chi connectivity index (χ4v) is 5.43. The minimum absolute atomic E-state index is 0.0210. The summed E-state index contributed by atoms with van der Waals surface area (Å²) in [5.74, 6) is 6.12. The molecule has 0 N–H and O–H groups in total. The third-order valence-corrected chi connectivity index (χ3v) is 7.37. The summed E-state index contributed by atoms with van der Waals surface area (Å²) in [4.78, 5) is 38.1. The predicted molar refractivity (Wildman–Crippen MR) is 147 cm³/mol. The molecule has 4 aromatic heterocycles. The number of rotatable bonds is 3. The van der Waals surface area contributed by atoms with E-state index in [9.17, 15) is 14.9 Å². The Bertz CT molecular complexity index is 1950. The SMILES string of the molecule is COC(=O)c1csc2c(-c3cc(Cl)ccc3C#CCn3c(C)nc4cnc(Cl)c(C#N)c4c3=O)ccnc12. The first-order valence-corrected chi connectivity index (χ1v) is 12.7. The number of hydrogen-bond acceptors (Lipinski definition) is 8. The molecule has 0 atom stereocenters. The molecule has 0 fully saturated rings. The van der Waals surface area contributed by atoms with Crippen molar-refractivity contribution in [2.24, 2.45) is 0 Å². The number of thiophene rings is 1. The number of benzene rings is 1. The van der Waals surface area contributed by atoms with Gasteiger partial charge < -0.3 is 4.74 Å². The third-order valence-electron chi connectivity index (χ3n) is 5.85. The molecule has 0 radical (unpaired) electrons. The van der Waals surface area contributed by atoms with Crippen LogP contribution in [0.1, 0.15) is 27.3 Å². The zero-order chi connectivity index (χ0) is 27.0. The first kappa shape index (κ1) is 25.4. The smallest absolute Gasteiger partial charge is 0.340 e. The highest BCUT2D eigenvalue weighted by Crippen LogP contribution is 2.36. The van der Waals surface area contributed by atoms with Crippen LogP contribution in [0.3, 0.4) is 0 Å². The maximum Gasteiger partial charge on any atom is 0.340 e. The van der Waals surface area contributed by atoms with Gasteiger partial charge in [-0.25, -0.2) is 14.8 Å². The van der Waals surface area contributed by atoms with Gasteiger partial charge in [0.2, 0.25) is 0 Å². The van der Waals surface area contributed by atoms with Gasteiger partial charge in [0, 0.05) is 33.3 Å². The normalized spacial score (nSPS) is 10.7. The van der Waals surface area contributed by atoms with Gasteiger partial charge in [-0.15, -0.1) is 11.3 Å². The van der Waals surface area contributed by atoms with E-state index in [2.05, 4.69) is 26.8 Å². The Morgan fingerprint density at radius 2 is 2.03 bits per heavy atom. The average Bonchev–Trinajstić information content (AvgIpc) is 3.35. The van der Waals surface area contributed by atoms with Crippen LogP contribution in [-0.2, 0) is 11.3 Å². The second kappa shape index (κ2) is 10.2. The minimum Gasteiger partial charge on any atom is -0.465 e. The van der Waals surface area contributed by atoms with Gasteiger partial charge in [-0.2, -0.15) is 5.26 Å². The van der Waals surface area contributed by atoms with Crippen molar-refractivity contribution in [2.45, 2.75) is 13.5 Å².